The fourth-order valence-electron chi connectivity index (χ4n) is 1.92. The number of carbonyl (C=O) groups excluding carboxylic acids is 1. The van der Waals surface area contributed by atoms with Crippen molar-refractivity contribution in [3.8, 4) is 11.1 Å². The average molecular weight is 319 g/mol. The highest BCUT2D eigenvalue weighted by Gasteiger charge is 2.16. The quantitative estimate of drug-likeness (QED) is 0.771. The molecule has 0 aromatic heterocycles. The molecule has 2 rings (SSSR count). The molecule has 0 aliphatic carbocycles. The van der Waals surface area contributed by atoms with Crippen molar-refractivity contribution in [3.63, 3.8) is 0 Å². The van der Waals surface area contributed by atoms with Gasteiger partial charge in [-0.15, -0.1) is 0 Å². The van der Waals surface area contributed by atoms with Crippen molar-refractivity contribution in [1.82, 2.24) is 0 Å². The van der Waals surface area contributed by atoms with Crippen molar-refractivity contribution in [2.75, 3.05) is 11.1 Å². The van der Waals surface area contributed by atoms with E-state index in [-0.39, 0.29) is 0 Å². The Labute approximate surface area is 135 Å². The number of halogens is 1. The predicted octanol–water partition coefficient (Wildman–Crippen LogP) is 4.94. The van der Waals surface area contributed by atoms with E-state index in [2.05, 4.69) is 5.32 Å². The molecular weight excluding hydrogens is 300 g/mol. The highest BCUT2D eigenvalue weighted by atomic mass is 35.5. The van der Waals surface area contributed by atoms with E-state index in [0.29, 0.717) is 16.4 Å². The average Bonchev–Trinajstić information content (AvgIpc) is 2.38. The summed E-state index contributed by atoms with van der Waals surface area (Å²) in [6.45, 7) is 5.45. The van der Waals surface area contributed by atoms with Gasteiger partial charge in [0, 0.05) is 16.9 Å². The molecule has 0 radical (unpaired) electrons. The highest BCUT2D eigenvalue weighted by Crippen LogP contribution is 2.30. The van der Waals surface area contributed by atoms with Crippen LogP contribution in [0.2, 0.25) is 5.02 Å². The van der Waals surface area contributed by atoms with Crippen molar-refractivity contribution in [2.24, 2.45) is 0 Å². The third-order valence-electron chi connectivity index (χ3n) is 2.83. The summed E-state index contributed by atoms with van der Waals surface area (Å²) in [5.74, 6) is 0. The van der Waals surface area contributed by atoms with Gasteiger partial charge < -0.3 is 10.5 Å². The van der Waals surface area contributed by atoms with Gasteiger partial charge in [0.2, 0.25) is 0 Å². The minimum absolute atomic E-state index is 0.481. The van der Waals surface area contributed by atoms with E-state index in [1.807, 2.05) is 39.0 Å². The third-order valence-corrected chi connectivity index (χ3v) is 3.15. The maximum absolute atomic E-state index is 11.7. The van der Waals surface area contributed by atoms with Crippen LogP contribution in [0.15, 0.2) is 42.5 Å². The van der Waals surface area contributed by atoms with E-state index >= 15 is 0 Å². The predicted molar refractivity (Wildman–Crippen MR) is 91.2 cm³/mol. The fourth-order valence-corrected chi connectivity index (χ4v) is 2.22. The summed E-state index contributed by atoms with van der Waals surface area (Å²) < 4.78 is 5.20. The molecule has 0 saturated carbocycles. The Hall–Kier alpha value is -2.20. The van der Waals surface area contributed by atoms with E-state index in [0.717, 1.165) is 11.1 Å². The molecule has 116 valence electrons. The maximum atomic E-state index is 11.7. The molecule has 0 bridgehead atoms. The molecule has 0 spiro atoms. The van der Waals surface area contributed by atoms with Crippen LogP contribution in [-0.2, 0) is 4.74 Å². The minimum Gasteiger partial charge on any atom is -0.444 e. The molecule has 0 unspecified atom stereocenters. The summed E-state index contributed by atoms with van der Waals surface area (Å²) in [5, 5.41) is 3.28. The van der Waals surface area contributed by atoms with Crippen molar-refractivity contribution < 1.29 is 9.53 Å². The molecule has 0 saturated heterocycles. The summed E-state index contributed by atoms with van der Waals surface area (Å²) >= 11 is 6.19. The molecular formula is C17H19ClN2O2. The molecule has 22 heavy (non-hydrogen) atoms. The van der Waals surface area contributed by atoms with Gasteiger partial charge in [0.05, 0.1) is 5.02 Å². The first-order chi connectivity index (χ1) is 10.2. The zero-order valence-corrected chi connectivity index (χ0v) is 13.6. The number of anilines is 2. The molecule has 0 heterocycles. The lowest BCUT2D eigenvalue weighted by Gasteiger charge is -2.19. The Morgan fingerprint density at radius 2 is 1.77 bits per heavy atom. The van der Waals surface area contributed by atoms with Gasteiger partial charge in [-0.2, -0.15) is 0 Å². The number of nitrogens with two attached hydrogens (primary N) is 1. The van der Waals surface area contributed by atoms with Gasteiger partial charge in [-0.3, -0.25) is 5.32 Å². The van der Waals surface area contributed by atoms with Gasteiger partial charge in [-0.25, -0.2) is 4.79 Å². The molecule has 0 aliphatic heterocycles. The van der Waals surface area contributed by atoms with E-state index in [9.17, 15) is 4.79 Å². The number of rotatable bonds is 2. The second-order valence-electron chi connectivity index (χ2n) is 5.94. The number of benzene rings is 2. The van der Waals surface area contributed by atoms with Gasteiger partial charge in [-0.05, 0) is 50.6 Å². The standard InChI is InChI=1S/C17H19ClN2O2/c1-17(2,3)22-16(21)20-13-7-4-11(5-8-13)14-9-6-12(19)10-15(14)18/h4-10H,19H2,1-3H3,(H,20,21). The summed E-state index contributed by atoms with van der Waals surface area (Å²) in [5.41, 5.74) is 8.27. The first-order valence-corrected chi connectivity index (χ1v) is 7.28. The van der Waals surface area contributed by atoms with E-state index < -0.39 is 11.7 Å². The molecule has 5 heteroatoms. The lowest BCUT2D eigenvalue weighted by molar-refractivity contribution is 0.0636. The van der Waals surface area contributed by atoms with Crippen LogP contribution >= 0.6 is 11.6 Å². The number of ether oxygens (including phenoxy) is 1. The summed E-state index contributed by atoms with van der Waals surface area (Å²) in [6, 6.07) is 12.7. The molecule has 0 aliphatic rings. The zero-order chi connectivity index (χ0) is 16.3. The topological polar surface area (TPSA) is 64.3 Å². The number of carbonyl (C=O) groups is 1. The normalized spacial score (nSPS) is 11.1. The first-order valence-electron chi connectivity index (χ1n) is 6.90. The molecule has 1 amide bonds. The van der Waals surface area contributed by atoms with Gasteiger partial charge in [0.25, 0.3) is 0 Å². The molecule has 2 aromatic carbocycles. The van der Waals surface area contributed by atoms with Crippen molar-refractivity contribution in [2.45, 2.75) is 26.4 Å². The van der Waals surface area contributed by atoms with Gasteiger partial charge in [-0.1, -0.05) is 29.8 Å². The first kappa shape index (κ1) is 16.2. The van der Waals surface area contributed by atoms with Crippen LogP contribution in [-0.4, -0.2) is 11.7 Å². The SMILES string of the molecule is CC(C)(C)OC(=O)Nc1ccc(-c2ccc(N)cc2Cl)cc1. The molecule has 3 N–H and O–H groups in total. The van der Waals surface area contributed by atoms with E-state index in [1.165, 1.54) is 0 Å². The Morgan fingerprint density at radius 3 is 2.32 bits per heavy atom. The highest BCUT2D eigenvalue weighted by molar-refractivity contribution is 6.33. The lowest BCUT2D eigenvalue weighted by Crippen LogP contribution is -2.27. The third kappa shape index (κ3) is 4.40. The van der Waals surface area contributed by atoms with Gasteiger partial charge >= 0.3 is 6.09 Å². The smallest absolute Gasteiger partial charge is 0.412 e. The minimum atomic E-state index is -0.526. The maximum Gasteiger partial charge on any atom is 0.412 e. The zero-order valence-electron chi connectivity index (χ0n) is 12.8. The van der Waals surface area contributed by atoms with Crippen LogP contribution in [0.3, 0.4) is 0 Å². The second kappa shape index (κ2) is 6.28. The molecule has 4 nitrogen and oxygen atoms in total. The molecule has 0 fully saturated rings. The number of hydrogen-bond donors (Lipinski definition) is 2. The van der Waals surface area contributed by atoms with Crippen LogP contribution in [0.5, 0.6) is 0 Å². The second-order valence-corrected chi connectivity index (χ2v) is 6.35. The monoisotopic (exact) mass is 318 g/mol. The summed E-state index contributed by atoms with van der Waals surface area (Å²) in [4.78, 5) is 11.7. The van der Waals surface area contributed by atoms with Crippen molar-refractivity contribution in [1.29, 1.82) is 0 Å². The van der Waals surface area contributed by atoms with Gasteiger partial charge in [0.1, 0.15) is 5.60 Å². The Kier molecular flexibility index (Phi) is 4.62. The van der Waals surface area contributed by atoms with Crippen LogP contribution in [0.25, 0.3) is 11.1 Å². The molecule has 2 aromatic rings. The fraction of sp³-hybridized carbons (Fsp3) is 0.235. The number of nitrogens with one attached hydrogen (secondary N) is 1. The van der Waals surface area contributed by atoms with Crippen LogP contribution in [0.1, 0.15) is 20.8 Å². The number of hydrogen-bond acceptors (Lipinski definition) is 3. The molecule has 0 atom stereocenters. The van der Waals surface area contributed by atoms with Gasteiger partial charge in [0.15, 0.2) is 0 Å². The van der Waals surface area contributed by atoms with E-state index in [4.69, 9.17) is 22.1 Å². The van der Waals surface area contributed by atoms with Crippen LogP contribution in [0.4, 0.5) is 16.2 Å². The number of nitrogen functional groups attached to an aromatic ring is 1. The summed E-state index contributed by atoms with van der Waals surface area (Å²) in [7, 11) is 0. The van der Waals surface area contributed by atoms with Crippen LogP contribution < -0.4 is 11.1 Å². The Balaban J connectivity index is 2.12. The van der Waals surface area contributed by atoms with Crippen molar-refractivity contribution in [3.05, 3.63) is 47.5 Å². The van der Waals surface area contributed by atoms with E-state index in [1.54, 1.807) is 24.3 Å². The Morgan fingerprint density at radius 1 is 1.14 bits per heavy atom. The number of amides is 1. The van der Waals surface area contributed by atoms with Crippen molar-refractivity contribution >= 4 is 29.1 Å². The lowest BCUT2D eigenvalue weighted by atomic mass is 10.0. The Bertz CT molecular complexity index is 676. The summed E-state index contributed by atoms with van der Waals surface area (Å²) in [6.07, 6.45) is -0.481. The van der Waals surface area contributed by atoms with Crippen LogP contribution in [0, 0.1) is 0 Å². The largest absolute Gasteiger partial charge is 0.444 e.